The zero-order valence-corrected chi connectivity index (χ0v) is 11.9. The fraction of sp³-hybridized carbons (Fsp3) is 0.533. The Bertz CT molecular complexity index is 422. The summed E-state index contributed by atoms with van der Waals surface area (Å²) < 4.78 is 0. The van der Waals surface area contributed by atoms with Gasteiger partial charge in [0.05, 0.1) is 0 Å². The van der Waals surface area contributed by atoms with Crippen molar-refractivity contribution in [1.82, 2.24) is 5.32 Å². The molecule has 1 saturated carbocycles. The third kappa shape index (κ3) is 3.63. The molecule has 3 N–H and O–H groups in total. The van der Waals surface area contributed by atoms with Gasteiger partial charge in [0.15, 0.2) is 0 Å². The summed E-state index contributed by atoms with van der Waals surface area (Å²) in [6.45, 7) is 4.58. The van der Waals surface area contributed by atoms with Crippen LogP contribution in [-0.4, -0.2) is 19.1 Å². The first kappa shape index (κ1) is 13.7. The van der Waals surface area contributed by atoms with Crippen molar-refractivity contribution in [2.24, 2.45) is 11.8 Å². The molecule has 2 amide bonds. The van der Waals surface area contributed by atoms with Crippen molar-refractivity contribution in [3.63, 3.8) is 0 Å². The van der Waals surface area contributed by atoms with Crippen molar-refractivity contribution in [2.45, 2.75) is 32.7 Å². The summed E-state index contributed by atoms with van der Waals surface area (Å²) in [6.07, 6.45) is 2.52. The highest BCUT2D eigenvalue weighted by atomic mass is 16.2. The number of benzene rings is 1. The van der Waals surface area contributed by atoms with Gasteiger partial charge in [0.1, 0.15) is 0 Å². The molecule has 0 atom stereocenters. The maximum atomic E-state index is 11.2. The molecule has 4 heteroatoms. The van der Waals surface area contributed by atoms with Crippen LogP contribution in [0.15, 0.2) is 24.3 Å². The summed E-state index contributed by atoms with van der Waals surface area (Å²) in [7, 11) is 1.60. The number of hydrogen-bond donors (Lipinski definition) is 3. The molecule has 0 saturated heterocycles. The maximum Gasteiger partial charge on any atom is 0.318 e. The molecule has 1 aliphatic carbocycles. The maximum absolute atomic E-state index is 11.2. The fourth-order valence-electron chi connectivity index (χ4n) is 2.40. The van der Waals surface area contributed by atoms with Gasteiger partial charge in [-0.1, -0.05) is 13.8 Å². The van der Waals surface area contributed by atoms with E-state index in [9.17, 15) is 4.79 Å². The van der Waals surface area contributed by atoms with Crippen LogP contribution >= 0.6 is 0 Å². The molecule has 1 aromatic rings. The Kier molecular flexibility index (Phi) is 4.30. The second kappa shape index (κ2) is 5.95. The molecule has 0 spiro atoms. The lowest BCUT2D eigenvalue weighted by molar-refractivity contribution is 0.212. The summed E-state index contributed by atoms with van der Waals surface area (Å²) in [6, 6.07) is 8.25. The third-order valence-electron chi connectivity index (χ3n) is 3.86. The van der Waals surface area contributed by atoms with E-state index >= 15 is 0 Å². The molecule has 1 aliphatic rings. The van der Waals surface area contributed by atoms with Crippen LogP contribution in [0.5, 0.6) is 0 Å². The number of nitrogens with one attached hydrogen (secondary N) is 3. The van der Waals surface area contributed by atoms with E-state index in [0.29, 0.717) is 6.04 Å². The molecule has 2 rings (SSSR count). The molecular formula is C15H23N3O. The van der Waals surface area contributed by atoms with Crippen LogP contribution in [0.1, 0.15) is 26.7 Å². The standard InChI is InChI=1S/C15H23N3O/c1-10(2)11-8-14(9-11)17-12-4-6-13(7-5-12)18-15(19)16-3/h4-7,10-11,14,17H,8-9H2,1-3H3,(H2,16,18,19). The molecule has 0 aromatic heterocycles. The highest BCUT2D eigenvalue weighted by Crippen LogP contribution is 2.35. The molecule has 1 aromatic carbocycles. The van der Waals surface area contributed by atoms with Crippen LogP contribution in [0, 0.1) is 11.8 Å². The average molecular weight is 261 g/mol. The molecule has 4 nitrogen and oxygen atoms in total. The smallest absolute Gasteiger partial charge is 0.318 e. The van der Waals surface area contributed by atoms with E-state index in [-0.39, 0.29) is 6.03 Å². The number of hydrogen-bond acceptors (Lipinski definition) is 2. The number of amides is 2. The van der Waals surface area contributed by atoms with Gasteiger partial charge in [-0.3, -0.25) is 0 Å². The van der Waals surface area contributed by atoms with Crippen molar-refractivity contribution in [2.75, 3.05) is 17.7 Å². The molecule has 1 fully saturated rings. The summed E-state index contributed by atoms with van der Waals surface area (Å²) in [4.78, 5) is 11.2. The number of carbonyl (C=O) groups is 1. The van der Waals surface area contributed by atoms with E-state index in [1.165, 1.54) is 12.8 Å². The van der Waals surface area contributed by atoms with E-state index in [1.807, 2.05) is 24.3 Å². The minimum atomic E-state index is -0.195. The Morgan fingerprint density at radius 1 is 1.16 bits per heavy atom. The zero-order valence-electron chi connectivity index (χ0n) is 11.9. The van der Waals surface area contributed by atoms with Crippen molar-refractivity contribution in [1.29, 1.82) is 0 Å². The summed E-state index contributed by atoms with van der Waals surface area (Å²) in [5.41, 5.74) is 1.92. The van der Waals surface area contributed by atoms with Gasteiger partial charge in [-0.2, -0.15) is 0 Å². The monoisotopic (exact) mass is 261 g/mol. The number of rotatable bonds is 4. The molecule has 0 radical (unpaired) electrons. The van der Waals surface area contributed by atoms with Crippen LogP contribution in [0.4, 0.5) is 16.2 Å². The molecule has 104 valence electrons. The quantitative estimate of drug-likeness (QED) is 0.779. The predicted molar refractivity (Wildman–Crippen MR) is 79.5 cm³/mol. The highest BCUT2D eigenvalue weighted by Gasteiger charge is 2.30. The van der Waals surface area contributed by atoms with E-state index in [2.05, 4.69) is 29.8 Å². The molecule has 0 unspecified atom stereocenters. The second-order valence-electron chi connectivity index (χ2n) is 5.60. The Labute approximate surface area is 115 Å². The van der Waals surface area contributed by atoms with E-state index in [0.717, 1.165) is 23.2 Å². The Balaban J connectivity index is 1.81. The van der Waals surface area contributed by atoms with E-state index in [4.69, 9.17) is 0 Å². The first-order valence-electron chi connectivity index (χ1n) is 6.94. The van der Waals surface area contributed by atoms with E-state index < -0.39 is 0 Å². The summed E-state index contributed by atoms with van der Waals surface area (Å²) in [5, 5.41) is 8.80. The summed E-state index contributed by atoms with van der Waals surface area (Å²) >= 11 is 0. The number of anilines is 2. The third-order valence-corrected chi connectivity index (χ3v) is 3.86. The Morgan fingerprint density at radius 2 is 1.74 bits per heavy atom. The second-order valence-corrected chi connectivity index (χ2v) is 5.60. The largest absolute Gasteiger partial charge is 0.382 e. The van der Waals surface area contributed by atoms with Gasteiger partial charge < -0.3 is 16.0 Å². The van der Waals surface area contributed by atoms with Crippen LogP contribution < -0.4 is 16.0 Å². The lowest BCUT2D eigenvalue weighted by atomic mass is 9.73. The first-order chi connectivity index (χ1) is 9.08. The van der Waals surface area contributed by atoms with Crippen molar-refractivity contribution in [3.05, 3.63) is 24.3 Å². The predicted octanol–water partition coefficient (Wildman–Crippen LogP) is 3.28. The lowest BCUT2D eigenvalue weighted by Gasteiger charge is -2.39. The SMILES string of the molecule is CNC(=O)Nc1ccc(NC2CC(C(C)C)C2)cc1. The van der Waals surface area contributed by atoms with E-state index in [1.54, 1.807) is 7.05 Å². The average Bonchev–Trinajstić information content (AvgIpc) is 2.34. The zero-order chi connectivity index (χ0) is 13.8. The van der Waals surface area contributed by atoms with Gasteiger partial charge in [0.2, 0.25) is 0 Å². The minimum absolute atomic E-state index is 0.195. The fourth-order valence-corrected chi connectivity index (χ4v) is 2.40. The molecular weight excluding hydrogens is 238 g/mol. The topological polar surface area (TPSA) is 53.2 Å². The van der Waals surface area contributed by atoms with Gasteiger partial charge in [-0.15, -0.1) is 0 Å². The van der Waals surface area contributed by atoms with Crippen LogP contribution in [0.25, 0.3) is 0 Å². The molecule has 0 aliphatic heterocycles. The summed E-state index contributed by atoms with van der Waals surface area (Å²) in [5.74, 6) is 1.66. The molecule has 0 heterocycles. The number of carbonyl (C=O) groups excluding carboxylic acids is 1. The molecule has 0 bridgehead atoms. The lowest BCUT2D eigenvalue weighted by Crippen LogP contribution is -2.37. The van der Waals surface area contributed by atoms with Crippen LogP contribution in [0.3, 0.4) is 0 Å². The van der Waals surface area contributed by atoms with Crippen molar-refractivity contribution >= 4 is 17.4 Å². The molecule has 19 heavy (non-hydrogen) atoms. The van der Waals surface area contributed by atoms with Gasteiger partial charge >= 0.3 is 6.03 Å². The number of urea groups is 1. The van der Waals surface area contributed by atoms with Crippen molar-refractivity contribution in [3.8, 4) is 0 Å². The van der Waals surface area contributed by atoms with Gasteiger partial charge in [0.25, 0.3) is 0 Å². The van der Waals surface area contributed by atoms with Crippen LogP contribution in [-0.2, 0) is 0 Å². The van der Waals surface area contributed by atoms with Gasteiger partial charge in [-0.05, 0) is 48.9 Å². The highest BCUT2D eigenvalue weighted by molar-refractivity contribution is 5.89. The van der Waals surface area contributed by atoms with Gasteiger partial charge in [0, 0.05) is 24.5 Å². The van der Waals surface area contributed by atoms with Crippen molar-refractivity contribution < 1.29 is 4.79 Å². The van der Waals surface area contributed by atoms with Crippen LogP contribution in [0.2, 0.25) is 0 Å². The van der Waals surface area contributed by atoms with Gasteiger partial charge in [-0.25, -0.2) is 4.79 Å². The first-order valence-corrected chi connectivity index (χ1v) is 6.94. The normalized spacial score (nSPS) is 21.7. The minimum Gasteiger partial charge on any atom is -0.382 e. The Hall–Kier alpha value is -1.71. The Morgan fingerprint density at radius 3 is 2.26 bits per heavy atom.